The van der Waals surface area contributed by atoms with Crippen molar-refractivity contribution in [2.24, 2.45) is 0 Å². The number of methoxy groups -OCH3 is 1. The van der Waals surface area contributed by atoms with Gasteiger partial charge < -0.3 is 20.8 Å². The first-order valence-corrected chi connectivity index (χ1v) is 4.95. The van der Waals surface area contributed by atoms with Gasteiger partial charge in [0.2, 0.25) is 5.75 Å². The highest BCUT2D eigenvalue weighted by atomic mass is 16.5. The monoisotopic (exact) mass is 232 g/mol. The topological polar surface area (TPSA) is 93.0 Å². The lowest BCUT2D eigenvalue weighted by Crippen LogP contribution is -2.12. The highest BCUT2D eigenvalue weighted by molar-refractivity contribution is 5.63. The average molecular weight is 232 g/mol. The van der Waals surface area contributed by atoms with E-state index in [1.54, 1.807) is 24.3 Å². The van der Waals surface area contributed by atoms with Crippen molar-refractivity contribution in [3.8, 4) is 5.75 Å². The van der Waals surface area contributed by atoms with Gasteiger partial charge in [0, 0.05) is 11.4 Å². The van der Waals surface area contributed by atoms with E-state index < -0.39 is 0 Å². The second kappa shape index (κ2) is 4.56. The Labute approximate surface area is 97.5 Å². The molecule has 1 aromatic heterocycles. The molecule has 0 aliphatic heterocycles. The summed E-state index contributed by atoms with van der Waals surface area (Å²) in [6.07, 6.45) is 1.31. The summed E-state index contributed by atoms with van der Waals surface area (Å²) in [5.74, 6) is 0.505. The number of hydrogen-bond acceptors (Lipinski definition) is 5. The maximum absolute atomic E-state index is 11.4. The molecule has 0 spiro atoms. The van der Waals surface area contributed by atoms with Crippen molar-refractivity contribution in [2.45, 2.75) is 0 Å². The van der Waals surface area contributed by atoms with E-state index >= 15 is 0 Å². The van der Waals surface area contributed by atoms with Gasteiger partial charge in [0.05, 0.1) is 13.4 Å². The molecule has 0 aliphatic carbocycles. The number of aromatic amines is 1. The van der Waals surface area contributed by atoms with Crippen LogP contribution in [0.1, 0.15) is 0 Å². The predicted molar refractivity (Wildman–Crippen MR) is 65.5 cm³/mol. The quantitative estimate of drug-likeness (QED) is 0.689. The third kappa shape index (κ3) is 2.36. The van der Waals surface area contributed by atoms with Gasteiger partial charge in [-0.05, 0) is 24.3 Å². The van der Waals surface area contributed by atoms with Gasteiger partial charge in [0.1, 0.15) is 0 Å². The summed E-state index contributed by atoms with van der Waals surface area (Å²) < 4.78 is 4.98. The molecule has 1 aromatic carbocycles. The zero-order chi connectivity index (χ0) is 12.3. The summed E-state index contributed by atoms with van der Waals surface area (Å²) in [5.41, 5.74) is 6.69. The van der Waals surface area contributed by atoms with Crippen molar-refractivity contribution in [1.82, 2.24) is 9.97 Å². The average Bonchev–Trinajstić information content (AvgIpc) is 2.32. The molecule has 0 fully saturated rings. The maximum Gasteiger partial charge on any atom is 0.295 e. The van der Waals surface area contributed by atoms with Crippen LogP contribution in [-0.4, -0.2) is 17.1 Å². The van der Waals surface area contributed by atoms with Gasteiger partial charge in [-0.1, -0.05) is 0 Å². The van der Waals surface area contributed by atoms with Crippen LogP contribution in [-0.2, 0) is 0 Å². The number of H-pyrrole nitrogens is 1. The van der Waals surface area contributed by atoms with Crippen molar-refractivity contribution < 1.29 is 4.74 Å². The largest absolute Gasteiger partial charge is 0.489 e. The fraction of sp³-hybridized carbons (Fsp3) is 0.0909. The number of ether oxygens (including phenoxy) is 1. The summed E-state index contributed by atoms with van der Waals surface area (Å²) in [5, 5.41) is 2.98. The van der Waals surface area contributed by atoms with Gasteiger partial charge >= 0.3 is 0 Å². The van der Waals surface area contributed by atoms with E-state index in [1.165, 1.54) is 13.4 Å². The normalized spacial score (nSPS) is 9.94. The molecule has 0 saturated heterocycles. The minimum atomic E-state index is -0.333. The number of nitrogens with zero attached hydrogens (tertiary/aromatic N) is 1. The smallest absolute Gasteiger partial charge is 0.295 e. The highest BCUT2D eigenvalue weighted by Crippen LogP contribution is 2.21. The molecule has 2 aromatic rings. The first kappa shape index (κ1) is 11.0. The molecule has 0 saturated carbocycles. The Balaban J connectivity index is 2.33. The van der Waals surface area contributed by atoms with Crippen molar-refractivity contribution in [3.05, 3.63) is 40.9 Å². The van der Waals surface area contributed by atoms with E-state index in [1.807, 2.05) is 0 Å². The summed E-state index contributed by atoms with van der Waals surface area (Å²) >= 11 is 0. The third-order valence-electron chi connectivity index (χ3n) is 2.19. The van der Waals surface area contributed by atoms with Crippen LogP contribution in [0.3, 0.4) is 0 Å². The second-order valence-corrected chi connectivity index (χ2v) is 3.36. The second-order valence-electron chi connectivity index (χ2n) is 3.36. The molecule has 0 unspecified atom stereocenters. The predicted octanol–water partition coefficient (Wildman–Crippen LogP) is 1.10. The molecule has 88 valence electrons. The van der Waals surface area contributed by atoms with Crippen LogP contribution in [0, 0.1) is 0 Å². The summed E-state index contributed by atoms with van der Waals surface area (Å²) in [6.45, 7) is 0. The van der Waals surface area contributed by atoms with E-state index in [-0.39, 0.29) is 11.3 Å². The van der Waals surface area contributed by atoms with E-state index in [0.29, 0.717) is 11.5 Å². The third-order valence-corrected chi connectivity index (χ3v) is 2.19. The highest BCUT2D eigenvalue weighted by Gasteiger charge is 2.08. The van der Waals surface area contributed by atoms with E-state index in [9.17, 15) is 4.79 Å². The number of nitrogens with one attached hydrogen (secondary N) is 2. The number of rotatable bonds is 3. The molecule has 1 heterocycles. The molecule has 6 nitrogen and oxygen atoms in total. The molecule has 6 heteroatoms. The Bertz CT molecular complexity index is 562. The number of nitrogen functional groups attached to an aromatic ring is 1. The van der Waals surface area contributed by atoms with Crippen LogP contribution in [0.2, 0.25) is 0 Å². The summed E-state index contributed by atoms with van der Waals surface area (Å²) in [4.78, 5) is 17.9. The number of nitrogens with two attached hydrogens (primary N) is 1. The van der Waals surface area contributed by atoms with Crippen LogP contribution in [0.15, 0.2) is 35.4 Å². The molecule has 0 bridgehead atoms. The lowest BCUT2D eigenvalue weighted by atomic mass is 10.3. The number of aromatic nitrogens is 2. The zero-order valence-electron chi connectivity index (χ0n) is 9.23. The number of hydrogen-bond donors (Lipinski definition) is 3. The molecule has 0 atom stereocenters. The van der Waals surface area contributed by atoms with Crippen molar-refractivity contribution in [1.29, 1.82) is 0 Å². The molecular weight excluding hydrogens is 220 g/mol. The fourth-order valence-electron chi connectivity index (χ4n) is 1.37. The first-order chi connectivity index (χ1) is 8.20. The molecule has 4 N–H and O–H groups in total. The molecule has 2 rings (SSSR count). The molecular formula is C11H12N4O2. The summed E-state index contributed by atoms with van der Waals surface area (Å²) in [7, 11) is 1.42. The SMILES string of the molecule is COc1c(Nc2ccc(N)cc2)nc[nH]c1=O. The minimum absolute atomic E-state index is 0.143. The van der Waals surface area contributed by atoms with Crippen molar-refractivity contribution in [2.75, 3.05) is 18.2 Å². The Morgan fingerprint density at radius 2 is 2.06 bits per heavy atom. The molecule has 0 amide bonds. The van der Waals surface area contributed by atoms with E-state index in [2.05, 4.69) is 15.3 Å². The minimum Gasteiger partial charge on any atom is -0.489 e. The van der Waals surface area contributed by atoms with E-state index in [0.717, 1.165) is 5.69 Å². The van der Waals surface area contributed by atoms with Gasteiger partial charge in [0.25, 0.3) is 5.56 Å². The Morgan fingerprint density at radius 1 is 1.35 bits per heavy atom. The lowest BCUT2D eigenvalue weighted by Gasteiger charge is -2.08. The fourth-order valence-corrected chi connectivity index (χ4v) is 1.37. The lowest BCUT2D eigenvalue weighted by molar-refractivity contribution is 0.408. The van der Waals surface area contributed by atoms with Crippen molar-refractivity contribution in [3.63, 3.8) is 0 Å². The van der Waals surface area contributed by atoms with Gasteiger partial charge in [0.15, 0.2) is 5.82 Å². The summed E-state index contributed by atoms with van der Waals surface area (Å²) in [6, 6.07) is 7.08. The zero-order valence-corrected chi connectivity index (χ0v) is 9.23. The first-order valence-electron chi connectivity index (χ1n) is 4.95. The van der Waals surface area contributed by atoms with Crippen LogP contribution < -0.4 is 21.3 Å². The Kier molecular flexibility index (Phi) is 2.95. The van der Waals surface area contributed by atoms with Gasteiger partial charge in [-0.15, -0.1) is 0 Å². The van der Waals surface area contributed by atoms with Crippen LogP contribution in [0.5, 0.6) is 5.75 Å². The Hall–Kier alpha value is -2.50. The number of anilines is 3. The van der Waals surface area contributed by atoms with E-state index in [4.69, 9.17) is 10.5 Å². The van der Waals surface area contributed by atoms with Gasteiger partial charge in [-0.25, -0.2) is 4.98 Å². The number of benzene rings is 1. The Morgan fingerprint density at radius 3 is 2.71 bits per heavy atom. The van der Waals surface area contributed by atoms with Crippen molar-refractivity contribution >= 4 is 17.2 Å². The molecule has 17 heavy (non-hydrogen) atoms. The van der Waals surface area contributed by atoms with Crippen LogP contribution in [0.25, 0.3) is 0 Å². The standard InChI is InChI=1S/C11H12N4O2/c1-17-9-10(13-6-14-11(9)16)15-8-4-2-7(12)3-5-8/h2-6H,12H2,1H3,(H2,13,14,15,16). The van der Waals surface area contributed by atoms with Gasteiger partial charge in [-0.2, -0.15) is 0 Å². The van der Waals surface area contributed by atoms with Crippen LogP contribution in [0.4, 0.5) is 17.2 Å². The van der Waals surface area contributed by atoms with Crippen LogP contribution >= 0.6 is 0 Å². The molecule has 0 radical (unpaired) electrons. The van der Waals surface area contributed by atoms with Gasteiger partial charge in [-0.3, -0.25) is 4.79 Å². The molecule has 0 aliphatic rings. The maximum atomic E-state index is 11.4.